The molecule has 0 saturated carbocycles. The quantitative estimate of drug-likeness (QED) is 0.894. The second kappa shape index (κ2) is 6.21. The van der Waals surface area contributed by atoms with Crippen molar-refractivity contribution in [3.8, 4) is 17.2 Å². The van der Waals surface area contributed by atoms with Crippen LogP contribution in [0.3, 0.4) is 0 Å². The molecule has 2 aromatic rings. The Morgan fingerprint density at radius 2 is 2.12 bits per heavy atom. The van der Waals surface area contributed by atoms with Crippen molar-refractivity contribution in [2.24, 2.45) is 5.92 Å². The van der Waals surface area contributed by atoms with Gasteiger partial charge in [-0.3, -0.25) is 10.2 Å². The molecule has 1 amide bonds. The van der Waals surface area contributed by atoms with Crippen molar-refractivity contribution in [3.63, 3.8) is 0 Å². The molecular formula is C19H19N3OS. The zero-order chi connectivity index (χ0) is 17.4. The molecule has 4 nitrogen and oxygen atoms in total. The molecule has 1 saturated heterocycles. The lowest BCUT2D eigenvalue weighted by molar-refractivity contribution is -0.132. The van der Waals surface area contributed by atoms with Gasteiger partial charge >= 0.3 is 0 Å². The number of thiophene rings is 1. The van der Waals surface area contributed by atoms with Crippen LogP contribution in [0, 0.1) is 29.6 Å². The van der Waals surface area contributed by atoms with Crippen molar-refractivity contribution in [1.82, 2.24) is 4.90 Å². The Labute approximate surface area is 145 Å². The Hall–Kier alpha value is -2.45. The fourth-order valence-corrected chi connectivity index (χ4v) is 4.47. The van der Waals surface area contributed by atoms with Gasteiger partial charge in [-0.15, -0.1) is 11.3 Å². The Kier molecular flexibility index (Phi) is 4.25. The molecule has 3 rings (SSSR count). The number of hydrogen-bond donors (Lipinski definition) is 1. The predicted molar refractivity (Wildman–Crippen MR) is 96.2 cm³/mol. The standard InChI is InChI=1S/C19H19N3OS/c1-11-15(9-18(21)22(3)19(11)23)17-8-16(12(2)24-17)14-6-4-5-13(7-14)10-20/h4-8,11,15,21H,9H2,1-3H3/t11-,15-/m0/s1. The highest BCUT2D eigenvalue weighted by molar-refractivity contribution is 7.12. The molecule has 1 aromatic heterocycles. The van der Waals surface area contributed by atoms with Gasteiger partial charge in [-0.05, 0) is 36.2 Å². The number of carbonyl (C=O) groups excluding carboxylic acids is 1. The fourth-order valence-electron chi connectivity index (χ4n) is 3.21. The summed E-state index contributed by atoms with van der Waals surface area (Å²) in [4.78, 5) is 16.1. The summed E-state index contributed by atoms with van der Waals surface area (Å²) in [7, 11) is 1.68. The van der Waals surface area contributed by atoms with Gasteiger partial charge in [0.25, 0.3) is 0 Å². The Morgan fingerprint density at radius 3 is 2.83 bits per heavy atom. The normalized spacial score (nSPS) is 21.0. The van der Waals surface area contributed by atoms with Crippen molar-refractivity contribution >= 4 is 23.1 Å². The van der Waals surface area contributed by atoms with Crippen LogP contribution >= 0.6 is 11.3 Å². The van der Waals surface area contributed by atoms with Crippen molar-refractivity contribution < 1.29 is 4.79 Å². The number of rotatable bonds is 2. The number of hydrogen-bond acceptors (Lipinski definition) is 4. The first-order valence-electron chi connectivity index (χ1n) is 7.88. The number of nitrogens with one attached hydrogen (secondary N) is 1. The van der Waals surface area contributed by atoms with Gasteiger partial charge in [-0.25, -0.2) is 0 Å². The minimum absolute atomic E-state index is 0.00957. The molecule has 0 radical (unpaired) electrons. The van der Waals surface area contributed by atoms with Gasteiger partial charge in [-0.1, -0.05) is 19.1 Å². The van der Waals surface area contributed by atoms with Crippen LogP contribution in [0.5, 0.6) is 0 Å². The second-order valence-electron chi connectivity index (χ2n) is 6.25. The maximum absolute atomic E-state index is 12.3. The zero-order valence-corrected chi connectivity index (χ0v) is 14.8. The van der Waals surface area contributed by atoms with Crippen LogP contribution in [-0.2, 0) is 4.79 Å². The minimum Gasteiger partial charge on any atom is -0.304 e. The molecule has 0 spiro atoms. The Morgan fingerprint density at radius 1 is 1.38 bits per heavy atom. The van der Waals surface area contributed by atoms with E-state index in [0.29, 0.717) is 17.8 Å². The summed E-state index contributed by atoms with van der Waals surface area (Å²) in [6.45, 7) is 4.01. The van der Waals surface area contributed by atoms with Crippen LogP contribution in [0.25, 0.3) is 11.1 Å². The molecule has 0 bridgehead atoms. The van der Waals surface area contributed by atoms with E-state index in [1.165, 1.54) is 9.78 Å². The predicted octanol–water partition coefficient (Wildman–Crippen LogP) is 4.15. The van der Waals surface area contributed by atoms with Gasteiger partial charge < -0.3 is 4.90 Å². The van der Waals surface area contributed by atoms with E-state index in [9.17, 15) is 4.79 Å². The molecular weight excluding hydrogens is 318 g/mol. The van der Waals surface area contributed by atoms with Crippen LogP contribution in [0.15, 0.2) is 30.3 Å². The minimum atomic E-state index is -0.125. The maximum atomic E-state index is 12.3. The fraction of sp³-hybridized carbons (Fsp3) is 0.316. The van der Waals surface area contributed by atoms with E-state index in [-0.39, 0.29) is 17.7 Å². The molecule has 5 heteroatoms. The summed E-state index contributed by atoms with van der Waals surface area (Å²) in [5.41, 5.74) is 2.78. The smallest absolute Gasteiger partial charge is 0.231 e. The van der Waals surface area contributed by atoms with Crippen molar-refractivity contribution in [2.75, 3.05) is 7.05 Å². The summed E-state index contributed by atoms with van der Waals surface area (Å²) in [6.07, 6.45) is 0.584. The number of nitrogens with zero attached hydrogens (tertiary/aromatic N) is 2. The third-order valence-corrected chi connectivity index (χ3v) is 5.93. The molecule has 1 aromatic carbocycles. The number of likely N-dealkylation sites (tertiary alicyclic amines) is 1. The maximum Gasteiger partial charge on any atom is 0.231 e. The van der Waals surface area contributed by atoms with E-state index in [0.717, 1.165) is 16.0 Å². The first kappa shape index (κ1) is 16.4. The molecule has 122 valence electrons. The number of benzene rings is 1. The van der Waals surface area contributed by atoms with E-state index in [1.54, 1.807) is 24.5 Å². The highest BCUT2D eigenvalue weighted by atomic mass is 32.1. The highest BCUT2D eigenvalue weighted by Crippen LogP contribution is 2.41. The van der Waals surface area contributed by atoms with E-state index in [4.69, 9.17) is 10.7 Å². The summed E-state index contributed by atoms with van der Waals surface area (Å²) in [5.74, 6) is 0.316. The summed E-state index contributed by atoms with van der Waals surface area (Å²) in [6, 6.07) is 11.9. The molecule has 24 heavy (non-hydrogen) atoms. The van der Waals surface area contributed by atoms with Crippen LogP contribution in [0.1, 0.15) is 34.6 Å². The molecule has 0 unspecified atom stereocenters. The Balaban J connectivity index is 1.98. The van der Waals surface area contributed by atoms with Crippen molar-refractivity contribution in [2.45, 2.75) is 26.2 Å². The van der Waals surface area contributed by atoms with Gasteiger partial charge in [0, 0.05) is 35.1 Å². The number of piperidine rings is 1. The third kappa shape index (κ3) is 2.74. The van der Waals surface area contributed by atoms with Gasteiger partial charge in [0.1, 0.15) is 5.84 Å². The lowest BCUT2D eigenvalue weighted by atomic mass is 9.84. The summed E-state index contributed by atoms with van der Waals surface area (Å²) < 4.78 is 0. The second-order valence-corrected chi connectivity index (χ2v) is 7.54. The van der Waals surface area contributed by atoms with Gasteiger partial charge in [-0.2, -0.15) is 5.26 Å². The molecule has 1 N–H and O–H groups in total. The summed E-state index contributed by atoms with van der Waals surface area (Å²) >= 11 is 1.69. The average molecular weight is 337 g/mol. The lowest BCUT2D eigenvalue weighted by Crippen LogP contribution is -2.44. The van der Waals surface area contributed by atoms with E-state index >= 15 is 0 Å². The molecule has 1 aliphatic heterocycles. The SMILES string of the molecule is Cc1sc([C@H]2CC(=N)N(C)C(=O)[C@H]2C)cc1-c1cccc(C#N)c1. The first-order chi connectivity index (χ1) is 11.4. The monoisotopic (exact) mass is 337 g/mol. The molecule has 0 aliphatic carbocycles. The molecule has 1 fully saturated rings. The highest BCUT2D eigenvalue weighted by Gasteiger charge is 2.36. The number of aryl methyl sites for hydroxylation is 1. The largest absolute Gasteiger partial charge is 0.304 e. The van der Waals surface area contributed by atoms with Gasteiger partial charge in [0.15, 0.2) is 0 Å². The van der Waals surface area contributed by atoms with E-state index in [2.05, 4.69) is 19.1 Å². The van der Waals surface area contributed by atoms with Crippen LogP contribution in [-0.4, -0.2) is 23.7 Å². The average Bonchev–Trinajstić information content (AvgIpc) is 2.97. The van der Waals surface area contributed by atoms with Crippen molar-refractivity contribution in [3.05, 3.63) is 45.6 Å². The van der Waals surface area contributed by atoms with Gasteiger partial charge in [0.2, 0.25) is 5.91 Å². The van der Waals surface area contributed by atoms with Crippen molar-refractivity contribution in [1.29, 1.82) is 10.7 Å². The van der Waals surface area contributed by atoms with Crippen LogP contribution < -0.4 is 0 Å². The number of amides is 1. The zero-order valence-electron chi connectivity index (χ0n) is 14.0. The van der Waals surface area contributed by atoms with Gasteiger partial charge in [0.05, 0.1) is 11.6 Å². The van der Waals surface area contributed by atoms with E-state index in [1.807, 2.05) is 25.1 Å². The molecule has 2 heterocycles. The lowest BCUT2D eigenvalue weighted by Gasteiger charge is -2.34. The van der Waals surface area contributed by atoms with E-state index < -0.39 is 0 Å². The number of nitriles is 1. The Bertz CT molecular complexity index is 862. The number of amidine groups is 1. The molecule has 1 aliphatic rings. The van der Waals surface area contributed by atoms with Crippen LogP contribution in [0.4, 0.5) is 0 Å². The topological polar surface area (TPSA) is 68.0 Å². The third-order valence-electron chi connectivity index (χ3n) is 4.75. The molecule has 2 atom stereocenters. The van der Waals surface area contributed by atoms with Crippen LogP contribution in [0.2, 0.25) is 0 Å². The summed E-state index contributed by atoms with van der Waals surface area (Å²) in [5, 5.41) is 17.1. The number of carbonyl (C=O) groups is 1. The first-order valence-corrected chi connectivity index (χ1v) is 8.70.